The monoisotopic (exact) mass is 334 g/mol. The highest BCUT2D eigenvalue weighted by Crippen LogP contribution is 2.28. The quantitative estimate of drug-likeness (QED) is 0.899. The van der Waals surface area contributed by atoms with Gasteiger partial charge < -0.3 is 9.47 Å². The Hall–Kier alpha value is -2.19. The Kier molecular flexibility index (Phi) is 3.95. The molecule has 3 rings (SSSR count). The molecule has 1 aliphatic rings. The minimum absolute atomic E-state index is 0.0682. The van der Waals surface area contributed by atoms with E-state index in [1.165, 1.54) is 19.2 Å². The number of nitrogens with zero attached hydrogens (tertiary/aromatic N) is 3. The van der Waals surface area contributed by atoms with E-state index in [0.29, 0.717) is 5.82 Å². The van der Waals surface area contributed by atoms with E-state index in [2.05, 4.69) is 9.71 Å². The van der Waals surface area contributed by atoms with Gasteiger partial charge in [-0.05, 0) is 37.7 Å². The first-order chi connectivity index (χ1) is 10.9. The molecule has 0 saturated carbocycles. The number of benzene rings is 1. The highest BCUT2D eigenvalue weighted by atomic mass is 32.2. The maximum atomic E-state index is 12.2. The van der Waals surface area contributed by atoms with Gasteiger partial charge in [0.15, 0.2) is 0 Å². The van der Waals surface area contributed by atoms with E-state index in [0.717, 1.165) is 18.5 Å². The van der Waals surface area contributed by atoms with Crippen LogP contribution in [0.2, 0.25) is 0 Å². The minimum atomic E-state index is -3.46. The number of aromatic nitrogens is 2. The summed E-state index contributed by atoms with van der Waals surface area (Å²) in [6.45, 7) is 0.723. The van der Waals surface area contributed by atoms with Crippen molar-refractivity contribution in [1.82, 2.24) is 19.2 Å². The van der Waals surface area contributed by atoms with E-state index in [1.807, 2.05) is 4.57 Å². The summed E-state index contributed by atoms with van der Waals surface area (Å²) in [5, 5.41) is 0. The first-order valence-corrected chi connectivity index (χ1v) is 8.74. The summed E-state index contributed by atoms with van der Waals surface area (Å²) in [4.78, 5) is 18.4. The van der Waals surface area contributed by atoms with Gasteiger partial charge in [-0.3, -0.25) is 4.79 Å². The van der Waals surface area contributed by atoms with E-state index in [4.69, 9.17) is 0 Å². The zero-order chi connectivity index (χ0) is 16.6. The SMILES string of the molecule is CNS(=O)(=O)c1ccc(-c2nccn2C2CCN(C)C2=O)cc1. The molecule has 23 heavy (non-hydrogen) atoms. The number of nitrogens with one attached hydrogen (secondary N) is 1. The smallest absolute Gasteiger partial charge is 0.245 e. The summed E-state index contributed by atoms with van der Waals surface area (Å²) in [6.07, 6.45) is 4.18. The molecule has 1 aromatic heterocycles. The van der Waals surface area contributed by atoms with Crippen molar-refractivity contribution in [3.05, 3.63) is 36.7 Å². The molecule has 1 N–H and O–H groups in total. The Labute approximate surface area is 135 Å². The lowest BCUT2D eigenvalue weighted by Gasteiger charge is -2.15. The molecule has 1 aromatic carbocycles. The zero-order valence-corrected chi connectivity index (χ0v) is 13.7. The molecule has 0 bridgehead atoms. The van der Waals surface area contributed by atoms with Crippen molar-refractivity contribution in [2.75, 3.05) is 20.6 Å². The fourth-order valence-corrected chi connectivity index (χ4v) is 3.48. The van der Waals surface area contributed by atoms with Crippen LogP contribution in [0.1, 0.15) is 12.5 Å². The summed E-state index contributed by atoms with van der Waals surface area (Å²) in [6, 6.07) is 6.21. The second kappa shape index (κ2) is 5.78. The molecule has 7 nitrogen and oxygen atoms in total. The Bertz CT molecular complexity index is 827. The number of hydrogen-bond donors (Lipinski definition) is 1. The largest absolute Gasteiger partial charge is 0.344 e. The number of rotatable bonds is 4. The van der Waals surface area contributed by atoms with Gasteiger partial charge in [-0.15, -0.1) is 0 Å². The van der Waals surface area contributed by atoms with Gasteiger partial charge in [0.25, 0.3) is 0 Å². The average Bonchev–Trinajstić information content (AvgIpc) is 3.15. The highest BCUT2D eigenvalue weighted by Gasteiger charge is 2.31. The number of amides is 1. The lowest BCUT2D eigenvalue weighted by molar-refractivity contribution is -0.129. The van der Waals surface area contributed by atoms with Crippen molar-refractivity contribution in [2.45, 2.75) is 17.4 Å². The molecule has 1 fully saturated rings. The predicted octanol–water partition coefficient (Wildman–Crippen LogP) is 0.861. The molecule has 8 heteroatoms. The summed E-state index contributed by atoms with van der Waals surface area (Å²) in [5.41, 5.74) is 0.771. The van der Waals surface area contributed by atoms with Crippen LogP contribution < -0.4 is 4.72 Å². The Balaban J connectivity index is 1.95. The van der Waals surface area contributed by atoms with Gasteiger partial charge in [-0.2, -0.15) is 0 Å². The molecule has 1 amide bonds. The lowest BCUT2D eigenvalue weighted by atomic mass is 10.2. The molecule has 0 radical (unpaired) electrons. The Morgan fingerprint density at radius 1 is 1.26 bits per heavy atom. The van der Waals surface area contributed by atoms with Crippen LogP contribution >= 0.6 is 0 Å². The second-order valence-corrected chi connectivity index (χ2v) is 7.34. The molecule has 122 valence electrons. The van der Waals surface area contributed by atoms with Crippen LogP contribution in [0, 0.1) is 0 Å². The summed E-state index contributed by atoms with van der Waals surface area (Å²) >= 11 is 0. The van der Waals surface area contributed by atoms with E-state index in [1.54, 1.807) is 36.5 Å². The topological polar surface area (TPSA) is 84.3 Å². The second-order valence-electron chi connectivity index (χ2n) is 5.45. The maximum absolute atomic E-state index is 12.2. The van der Waals surface area contributed by atoms with E-state index in [-0.39, 0.29) is 16.8 Å². The van der Waals surface area contributed by atoms with Crippen molar-refractivity contribution in [1.29, 1.82) is 0 Å². The summed E-state index contributed by atoms with van der Waals surface area (Å²) in [5.74, 6) is 0.727. The van der Waals surface area contributed by atoms with Gasteiger partial charge in [-0.25, -0.2) is 18.1 Å². The van der Waals surface area contributed by atoms with Crippen molar-refractivity contribution >= 4 is 15.9 Å². The average molecular weight is 334 g/mol. The predicted molar refractivity (Wildman–Crippen MR) is 85.2 cm³/mol. The first-order valence-electron chi connectivity index (χ1n) is 7.26. The minimum Gasteiger partial charge on any atom is -0.344 e. The fraction of sp³-hybridized carbons (Fsp3) is 0.333. The van der Waals surface area contributed by atoms with Crippen molar-refractivity contribution in [3.8, 4) is 11.4 Å². The molecule has 0 spiro atoms. The molecule has 2 aromatic rings. The highest BCUT2D eigenvalue weighted by molar-refractivity contribution is 7.89. The van der Waals surface area contributed by atoms with Gasteiger partial charge in [0.05, 0.1) is 4.90 Å². The fourth-order valence-electron chi connectivity index (χ4n) is 2.75. The number of sulfonamides is 1. The van der Waals surface area contributed by atoms with Crippen LogP contribution in [0.15, 0.2) is 41.6 Å². The third-order valence-electron chi connectivity index (χ3n) is 4.10. The van der Waals surface area contributed by atoms with Crippen molar-refractivity contribution in [3.63, 3.8) is 0 Å². The Morgan fingerprint density at radius 3 is 2.52 bits per heavy atom. The van der Waals surface area contributed by atoms with E-state index >= 15 is 0 Å². The van der Waals surface area contributed by atoms with E-state index < -0.39 is 10.0 Å². The molecule has 0 aliphatic carbocycles. The maximum Gasteiger partial charge on any atom is 0.245 e. The van der Waals surface area contributed by atoms with Gasteiger partial charge in [-0.1, -0.05) is 0 Å². The van der Waals surface area contributed by atoms with Crippen molar-refractivity contribution < 1.29 is 13.2 Å². The number of hydrogen-bond acceptors (Lipinski definition) is 4. The third-order valence-corrected chi connectivity index (χ3v) is 5.53. The first kappa shape index (κ1) is 15.7. The van der Waals surface area contributed by atoms with Crippen LogP contribution in [-0.2, 0) is 14.8 Å². The van der Waals surface area contributed by atoms with Crippen molar-refractivity contribution in [2.24, 2.45) is 0 Å². The van der Waals surface area contributed by atoms with E-state index in [9.17, 15) is 13.2 Å². The standard InChI is InChI=1S/C15H18N4O3S/c1-16-23(21,22)12-5-3-11(4-6-12)14-17-8-10-19(14)13-7-9-18(2)15(13)20/h3-6,8,10,13,16H,7,9H2,1-2H3. The van der Waals surface area contributed by atoms with Gasteiger partial charge in [0.1, 0.15) is 11.9 Å². The van der Waals surface area contributed by atoms with Crippen LogP contribution in [0.5, 0.6) is 0 Å². The number of carbonyl (C=O) groups excluding carboxylic acids is 1. The molecule has 2 heterocycles. The molecule has 1 aliphatic heterocycles. The van der Waals surface area contributed by atoms with Crippen LogP contribution in [0.4, 0.5) is 0 Å². The normalized spacial score (nSPS) is 18.6. The number of imidazole rings is 1. The molecular formula is C15H18N4O3S. The van der Waals surface area contributed by atoms with Gasteiger partial charge in [0.2, 0.25) is 15.9 Å². The summed E-state index contributed by atoms with van der Waals surface area (Å²) in [7, 11) is -0.302. The third kappa shape index (κ3) is 2.75. The lowest BCUT2D eigenvalue weighted by Crippen LogP contribution is -2.24. The molecule has 1 saturated heterocycles. The Morgan fingerprint density at radius 2 is 1.96 bits per heavy atom. The van der Waals surface area contributed by atoms with Gasteiger partial charge in [0, 0.05) is 31.5 Å². The molecule has 1 atom stereocenters. The zero-order valence-electron chi connectivity index (χ0n) is 12.9. The summed E-state index contributed by atoms with van der Waals surface area (Å²) < 4.78 is 27.7. The number of likely N-dealkylation sites (N-methyl/N-ethyl adjacent to an activating group) is 1. The number of carbonyl (C=O) groups is 1. The van der Waals surface area contributed by atoms with Gasteiger partial charge >= 0.3 is 0 Å². The van der Waals surface area contributed by atoms with Crippen LogP contribution in [-0.4, -0.2) is 49.4 Å². The molecular weight excluding hydrogens is 316 g/mol. The number of likely N-dealkylation sites (tertiary alicyclic amines) is 1. The van der Waals surface area contributed by atoms with Crippen LogP contribution in [0.25, 0.3) is 11.4 Å². The van der Waals surface area contributed by atoms with Crippen LogP contribution in [0.3, 0.4) is 0 Å². The molecule has 1 unspecified atom stereocenters.